The Morgan fingerprint density at radius 2 is 1.95 bits per heavy atom. The van der Waals surface area contributed by atoms with E-state index in [0.717, 1.165) is 24.0 Å². The molecule has 0 spiro atoms. The molecule has 2 nitrogen and oxygen atoms in total. The molecule has 0 saturated heterocycles. The molecule has 1 fully saturated rings. The van der Waals surface area contributed by atoms with Crippen LogP contribution < -0.4 is 5.32 Å². The summed E-state index contributed by atoms with van der Waals surface area (Å²) < 4.78 is 0. The molecule has 0 aliphatic heterocycles. The van der Waals surface area contributed by atoms with E-state index in [9.17, 15) is 0 Å². The Balaban J connectivity index is 1.86. The highest BCUT2D eigenvalue weighted by atomic mass is 35.5. The summed E-state index contributed by atoms with van der Waals surface area (Å²) in [6, 6.07) is 10.0. The van der Waals surface area contributed by atoms with Gasteiger partial charge in [-0.2, -0.15) is 0 Å². The Morgan fingerprint density at radius 1 is 1.32 bits per heavy atom. The Kier molecular flexibility index (Phi) is 5.26. The monoisotopic (exact) mass is 280 g/mol. The van der Waals surface area contributed by atoms with Gasteiger partial charge in [0.05, 0.1) is 0 Å². The molecule has 2 atom stereocenters. The van der Waals surface area contributed by atoms with Gasteiger partial charge in [0.15, 0.2) is 0 Å². The van der Waals surface area contributed by atoms with Crippen molar-refractivity contribution in [2.24, 2.45) is 0 Å². The molecule has 0 aromatic heterocycles. The molecule has 1 aromatic rings. The van der Waals surface area contributed by atoms with Crippen LogP contribution in [-0.2, 0) is 0 Å². The molecule has 0 radical (unpaired) electrons. The number of hydrogen-bond donors (Lipinski definition) is 1. The summed E-state index contributed by atoms with van der Waals surface area (Å²) in [5.41, 5.74) is 1.33. The highest BCUT2D eigenvalue weighted by Gasteiger charge is 2.29. The zero-order chi connectivity index (χ0) is 13.8. The lowest BCUT2D eigenvalue weighted by molar-refractivity contribution is 0.235. The lowest BCUT2D eigenvalue weighted by Crippen LogP contribution is -2.40. The minimum atomic E-state index is 0.423. The first kappa shape index (κ1) is 14.8. The van der Waals surface area contributed by atoms with E-state index in [4.69, 9.17) is 11.6 Å². The maximum Gasteiger partial charge on any atom is 0.0406 e. The quantitative estimate of drug-likeness (QED) is 0.816. The number of likely N-dealkylation sites (N-methyl/N-ethyl adjacent to an activating group) is 1. The first-order valence-electron chi connectivity index (χ1n) is 7.32. The first-order chi connectivity index (χ1) is 9.11. The fourth-order valence-corrected chi connectivity index (χ4v) is 2.62. The minimum Gasteiger partial charge on any atom is -0.308 e. The van der Waals surface area contributed by atoms with E-state index in [2.05, 4.69) is 43.2 Å². The van der Waals surface area contributed by atoms with Gasteiger partial charge in [0.2, 0.25) is 0 Å². The Morgan fingerprint density at radius 3 is 2.47 bits per heavy atom. The van der Waals surface area contributed by atoms with Crippen molar-refractivity contribution in [2.45, 2.75) is 51.2 Å². The summed E-state index contributed by atoms with van der Waals surface area (Å²) in [5, 5.41) is 4.49. The lowest BCUT2D eigenvalue weighted by Gasteiger charge is -2.27. The maximum absolute atomic E-state index is 5.94. The largest absolute Gasteiger partial charge is 0.308 e. The summed E-state index contributed by atoms with van der Waals surface area (Å²) in [5.74, 6) is 0. The molecule has 2 unspecified atom stereocenters. The number of hydrogen-bond acceptors (Lipinski definition) is 2. The second-order valence-corrected chi connectivity index (χ2v) is 6.10. The van der Waals surface area contributed by atoms with Crippen LogP contribution in [0.15, 0.2) is 24.3 Å². The third kappa shape index (κ3) is 4.20. The second kappa shape index (κ2) is 6.74. The number of rotatable bonds is 7. The molecule has 1 saturated carbocycles. The van der Waals surface area contributed by atoms with Crippen LogP contribution in [0.3, 0.4) is 0 Å². The standard InChI is InChI=1S/C16H25ClN2/c1-4-16(13-5-7-14(17)8-6-13)18-11-12(2)19(3)15-9-10-15/h5-8,12,15-16,18H,4,9-11H2,1-3H3. The third-order valence-electron chi connectivity index (χ3n) is 4.16. The van der Waals surface area contributed by atoms with E-state index in [-0.39, 0.29) is 0 Å². The van der Waals surface area contributed by atoms with Crippen molar-refractivity contribution in [3.05, 3.63) is 34.9 Å². The smallest absolute Gasteiger partial charge is 0.0406 e. The molecule has 0 heterocycles. The topological polar surface area (TPSA) is 15.3 Å². The molecule has 19 heavy (non-hydrogen) atoms. The zero-order valence-electron chi connectivity index (χ0n) is 12.2. The molecular formula is C16H25ClN2. The van der Waals surface area contributed by atoms with Gasteiger partial charge in [0.1, 0.15) is 0 Å². The molecule has 1 N–H and O–H groups in total. The molecule has 3 heteroatoms. The van der Waals surface area contributed by atoms with Crippen molar-refractivity contribution < 1.29 is 0 Å². The van der Waals surface area contributed by atoms with Crippen LogP contribution in [0.1, 0.15) is 44.7 Å². The van der Waals surface area contributed by atoms with Crippen LogP contribution in [0, 0.1) is 0 Å². The highest BCUT2D eigenvalue weighted by Crippen LogP contribution is 2.27. The fraction of sp³-hybridized carbons (Fsp3) is 0.625. The molecule has 106 valence electrons. The summed E-state index contributed by atoms with van der Waals surface area (Å²) in [6.07, 6.45) is 3.84. The number of benzene rings is 1. The van der Waals surface area contributed by atoms with Crippen molar-refractivity contribution in [1.82, 2.24) is 10.2 Å². The van der Waals surface area contributed by atoms with Crippen LogP contribution in [-0.4, -0.2) is 30.6 Å². The molecule has 1 aliphatic rings. The average Bonchev–Trinajstić information content (AvgIpc) is 3.24. The fourth-order valence-electron chi connectivity index (χ4n) is 2.49. The summed E-state index contributed by atoms with van der Waals surface area (Å²) in [7, 11) is 2.24. The summed E-state index contributed by atoms with van der Waals surface area (Å²) in [6.45, 7) is 5.57. The summed E-state index contributed by atoms with van der Waals surface area (Å²) >= 11 is 5.94. The normalized spacial score (nSPS) is 18.6. The van der Waals surface area contributed by atoms with E-state index < -0.39 is 0 Å². The number of halogens is 1. The van der Waals surface area contributed by atoms with Gasteiger partial charge in [0.25, 0.3) is 0 Å². The maximum atomic E-state index is 5.94. The minimum absolute atomic E-state index is 0.423. The number of nitrogens with one attached hydrogen (secondary N) is 1. The molecule has 0 bridgehead atoms. The van der Waals surface area contributed by atoms with Gasteiger partial charge in [-0.25, -0.2) is 0 Å². The Hall–Kier alpha value is -0.570. The van der Waals surface area contributed by atoms with Gasteiger partial charge in [0, 0.05) is 29.7 Å². The van der Waals surface area contributed by atoms with Gasteiger partial charge in [-0.1, -0.05) is 30.7 Å². The molecular weight excluding hydrogens is 256 g/mol. The van der Waals surface area contributed by atoms with E-state index in [1.165, 1.54) is 18.4 Å². The Bertz CT molecular complexity index is 386. The zero-order valence-corrected chi connectivity index (χ0v) is 13.0. The average molecular weight is 281 g/mol. The van der Waals surface area contributed by atoms with Gasteiger partial charge >= 0.3 is 0 Å². The predicted octanol–water partition coefficient (Wildman–Crippen LogP) is 3.86. The van der Waals surface area contributed by atoms with E-state index in [1.807, 2.05) is 12.1 Å². The van der Waals surface area contributed by atoms with Crippen LogP contribution in [0.4, 0.5) is 0 Å². The van der Waals surface area contributed by atoms with E-state index in [1.54, 1.807) is 0 Å². The number of nitrogens with zero attached hydrogens (tertiary/aromatic N) is 1. The van der Waals surface area contributed by atoms with Crippen molar-refractivity contribution in [1.29, 1.82) is 0 Å². The van der Waals surface area contributed by atoms with Crippen LogP contribution in [0.5, 0.6) is 0 Å². The second-order valence-electron chi connectivity index (χ2n) is 5.67. The van der Waals surface area contributed by atoms with Crippen molar-refractivity contribution in [3.63, 3.8) is 0 Å². The van der Waals surface area contributed by atoms with Crippen LogP contribution >= 0.6 is 11.6 Å². The van der Waals surface area contributed by atoms with Gasteiger partial charge in [-0.15, -0.1) is 0 Å². The van der Waals surface area contributed by atoms with E-state index in [0.29, 0.717) is 12.1 Å². The summed E-state index contributed by atoms with van der Waals surface area (Å²) in [4.78, 5) is 2.50. The third-order valence-corrected chi connectivity index (χ3v) is 4.41. The molecule has 2 rings (SSSR count). The van der Waals surface area contributed by atoms with Crippen molar-refractivity contribution in [3.8, 4) is 0 Å². The van der Waals surface area contributed by atoms with Crippen molar-refractivity contribution >= 4 is 11.6 Å². The van der Waals surface area contributed by atoms with E-state index >= 15 is 0 Å². The van der Waals surface area contributed by atoms with Crippen molar-refractivity contribution in [2.75, 3.05) is 13.6 Å². The predicted molar refractivity (Wildman–Crippen MR) is 82.7 cm³/mol. The highest BCUT2D eigenvalue weighted by molar-refractivity contribution is 6.30. The SMILES string of the molecule is CCC(NCC(C)N(C)C1CC1)c1ccc(Cl)cc1. The molecule has 0 amide bonds. The lowest BCUT2D eigenvalue weighted by atomic mass is 10.0. The first-order valence-corrected chi connectivity index (χ1v) is 7.70. The van der Waals surface area contributed by atoms with Gasteiger partial charge in [-0.3, -0.25) is 4.90 Å². The van der Waals surface area contributed by atoms with Gasteiger partial charge < -0.3 is 5.32 Å². The molecule has 1 aromatic carbocycles. The van der Waals surface area contributed by atoms with Crippen LogP contribution in [0.25, 0.3) is 0 Å². The van der Waals surface area contributed by atoms with Gasteiger partial charge in [-0.05, 0) is 50.9 Å². The van der Waals surface area contributed by atoms with Crippen LogP contribution in [0.2, 0.25) is 5.02 Å². The molecule has 1 aliphatic carbocycles. The Labute approximate surface area is 122 Å².